The minimum Gasteiger partial charge on any atom is -0.458 e. The Morgan fingerprint density at radius 2 is 2.06 bits per heavy atom. The number of hydrogen-bond donors (Lipinski definition) is 1. The summed E-state index contributed by atoms with van der Waals surface area (Å²) in [6.45, 7) is 4.14. The Morgan fingerprint density at radius 1 is 1.31 bits per heavy atom. The van der Waals surface area contributed by atoms with E-state index in [1.54, 1.807) is 0 Å². The van der Waals surface area contributed by atoms with Crippen molar-refractivity contribution in [2.24, 2.45) is 5.92 Å². The van der Waals surface area contributed by atoms with E-state index in [1.165, 1.54) is 11.1 Å². The molecule has 0 bridgehead atoms. The van der Waals surface area contributed by atoms with Crippen molar-refractivity contribution in [3.05, 3.63) is 35.1 Å². The van der Waals surface area contributed by atoms with Gasteiger partial charge in [0, 0.05) is 5.39 Å². The summed E-state index contributed by atoms with van der Waals surface area (Å²) in [6.07, 6.45) is 1.83. The zero-order chi connectivity index (χ0) is 11.3. The Kier molecular flexibility index (Phi) is 2.08. The summed E-state index contributed by atoms with van der Waals surface area (Å²) in [6, 6.07) is 6.13. The van der Waals surface area contributed by atoms with Crippen LogP contribution in [-0.4, -0.2) is 5.11 Å². The molecule has 2 aromatic rings. The SMILES string of the molecule is Cc1ccc2cc(C(O)C3CC3)oc2c1C. The average molecular weight is 216 g/mol. The quantitative estimate of drug-likeness (QED) is 0.833. The van der Waals surface area contributed by atoms with Crippen LogP contribution in [0.3, 0.4) is 0 Å². The van der Waals surface area contributed by atoms with E-state index in [9.17, 15) is 5.11 Å². The minimum absolute atomic E-state index is 0.410. The molecule has 1 heterocycles. The highest BCUT2D eigenvalue weighted by atomic mass is 16.4. The van der Waals surface area contributed by atoms with Crippen LogP contribution in [-0.2, 0) is 0 Å². The minimum atomic E-state index is -0.410. The predicted octanol–water partition coefficient (Wildman–Crippen LogP) is 3.49. The highest BCUT2D eigenvalue weighted by Gasteiger charge is 2.33. The topological polar surface area (TPSA) is 33.4 Å². The van der Waals surface area contributed by atoms with Gasteiger partial charge in [0.2, 0.25) is 0 Å². The molecule has 16 heavy (non-hydrogen) atoms. The molecule has 3 rings (SSSR count). The van der Waals surface area contributed by atoms with Crippen molar-refractivity contribution >= 4 is 11.0 Å². The van der Waals surface area contributed by atoms with E-state index in [-0.39, 0.29) is 0 Å². The van der Waals surface area contributed by atoms with Crippen LogP contribution in [0.2, 0.25) is 0 Å². The van der Waals surface area contributed by atoms with Gasteiger partial charge in [0.15, 0.2) is 0 Å². The fraction of sp³-hybridized carbons (Fsp3) is 0.429. The fourth-order valence-corrected chi connectivity index (χ4v) is 2.15. The van der Waals surface area contributed by atoms with Crippen LogP contribution in [0, 0.1) is 19.8 Å². The van der Waals surface area contributed by atoms with E-state index in [4.69, 9.17) is 4.42 Å². The maximum atomic E-state index is 10.0. The molecule has 0 aliphatic heterocycles. The number of furan rings is 1. The van der Waals surface area contributed by atoms with E-state index >= 15 is 0 Å². The van der Waals surface area contributed by atoms with Crippen LogP contribution in [0.15, 0.2) is 22.6 Å². The number of aryl methyl sites for hydroxylation is 2. The Hall–Kier alpha value is -1.28. The number of aliphatic hydroxyl groups is 1. The van der Waals surface area contributed by atoms with E-state index in [2.05, 4.69) is 26.0 Å². The van der Waals surface area contributed by atoms with E-state index < -0.39 is 6.10 Å². The average Bonchev–Trinajstić information content (AvgIpc) is 3.02. The fourth-order valence-electron chi connectivity index (χ4n) is 2.15. The molecule has 2 nitrogen and oxygen atoms in total. The summed E-state index contributed by atoms with van der Waals surface area (Å²) in [5, 5.41) is 11.1. The predicted molar refractivity (Wildman–Crippen MR) is 63.4 cm³/mol. The van der Waals surface area contributed by atoms with Crippen LogP contribution in [0.4, 0.5) is 0 Å². The van der Waals surface area contributed by atoms with Crippen LogP contribution in [0.25, 0.3) is 11.0 Å². The maximum Gasteiger partial charge on any atom is 0.137 e. The van der Waals surface area contributed by atoms with Gasteiger partial charge < -0.3 is 9.52 Å². The Morgan fingerprint density at radius 3 is 2.75 bits per heavy atom. The molecule has 1 aromatic heterocycles. The standard InChI is InChI=1S/C14H16O2/c1-8-3-4-11-7-12(13(15)10-5-6-10)16-14(11)9(8)2/h3-4,7,10,13,15H,5-6H2,1-2H3. The first-order chi connectivity index (χ1) is 7.66. The van der Waals surface area contributed by atoms with Crippen molar-refractivity contribution in [1.29, 1.82) is 0 Å². The van der Waals surface area contributed by atoms with Crippen molar-refractivity contribution in [3.63, 3.8) is 0 Å². The summed E-state index contributed by atoms with van der Waals surface area (Å²) in [4.78, 5) is 0. The summed E-state index contributed by atoms with van der Waals surface area (Å²) >= 11 is 0. The summed E-state index contributed by atoms with van der Waals surface area (Å²) in [5.74, 6) is 1.15. The molecule has 1 N–H and O–H groups in total. The lowest BCUT2D eigenvalue weighted by molar-refractivity contribution is 0.129. The van der Waals surface area contributed by atoms with Crippen LogP contribution in [0.1, 0.15) is 35.8 Å². The molecule has 84 valence electrons. The number of hydrogen-bond acceptors (Lipinski definition) is 2. The zero-order valence-electron chi connectivity index (χ0n) is 9.66. The molecule has 1 fully saturated rings. The molecule has 1 unspecified atom stereocenters. The molecular formula is C14H16O2. The smallest absolute Gasteiger partial charge is 0.137 e. The second-order valence-corrected chi connectivity index (χ2v) is 4.86. The molecule has 0 amide bonds. The molecule has 0 spiro atoms. The normalized spacial score (nSPS) is 17.9. The lowest BCUT2D eigenvalue weighted by Crippen LogP contribution is -1.96. The molecule has 1 atom stereocenters. The van der Waals surface area contributed by atoms with Crippen molar-refractivity contribution in [2.45, 2.75) is 32.8 Å². The first-order valence-corrected chi connectivity index (χ1v) is 5.84. The Bertz CT molecular complexity index is 535. The number of benzene rings is 1. The number of aliphatic hydroxyl groups excluding tert-OH is 1. The largest absolute Gasteiger partial charge is 0.458 e. The number of fused-ring (bicyclic) bond motifs is 1. The molecule has 1 aromatic carbocycles. The third-order valence-corrected chi connectivity index (χ3v) is 3.58. The van der Waals surface area contributed by atoms with Crippen molar-refractivity contribution in [2.75, 3.05) is 0 Å². The lowest BCUT2D eigenvalue weighted by atomic mass is 10.1. The van der Waals surface area contributed by atoms with E-state index in [0.717, 1.165) is 29.6 Å². The summed E-state index contributed by atoms with van der Waals surface area (Å²) < 4.78 is 5.79. The van der Waals surface area contributed by atoms with Gasteiger partial charge in [0.25, 0.3) is 0 Å². The molecule has 0 saturated heterocycles. The van der Waals surface area contributed by atoms with Crippen LogP contribution in [0.5, 0.6) is 0 Å². The monoisotopic (exact) mass is 216 g/mol. The van der Waals surface area contributed by atoms with E-state index in [0.29, 0.717) is 5.92 Å². The van der Waals surface area contributed by atoms with Crippen molar-refractivity contribution in [3.8, 4) is 0 Å². The highest BCUT2D eigenvalue weighted by Crippen LogP contribution is 2.42. The second-order valence-electron chi connectivity index (χ2n) is 4.86. The van der Waals surface area contributed by atoms with Crippen LogP contribution < -0.4 is 0 Å². The summed E-state index contributed by atoms with van der Waals surface area (Å²) in [5.41, 5.74) is 3.33. The molecular weight excluding hydrogens is 200 g/mol. The maximum absolute atomic E-state index is 10.0. The molecule has 1 aliphatic rings. The Labute approximate surface area is 94.9 Å². The van der Waals surface area contributed by atoms with Crippen molar-refractivity contribution < 1.29 is 9.52 Å². The zero-order valence-corrected chi connectivity index (χ0v) is 9.66. The highest BCUT2D eigenvalue weighted by molar-refractivity contribution is 5.82. The molecule has 1 aliphatic carbocycles. The molecule has 1 saturated carbocycles. The lowest BCUT2D eigenvalue weighted by Gasteiger charge is -2.03. The third-order valence-electron chi connectivity index (χ3n) is 3.58. The van der Waals surface area contributed by atoms with Crippen molar-refractivity contribution in [1.82, 2.24) is 0 Å². The van der Waals surface area contributed by atoms with Gasteiger partial charge in [-0.1, -0.05) is 12.1 Å². The van der Waals surface area contributed by atoms with Crippen LogP contribution >= 0.6 is 0 Å². The van der Waals surface area contributed by atoms with Gasteiger partial charge in [-0.25, -0.2) is 0 Å². The first-order valence-electron chi connectivity index (χ1n) is 5.84. The number of rotatable bonds is 2. The Balaban J connectivity index is 2.11. The van der Waals surface area contributed by atoms with Gasteiger partial charge in [-0.15, -0.1) is 0 Å². The van der Waals surface area contributed by atoms with Gasteiger partial charge in [-0.2, -0.15) is 0 Å². The second kappa shape index (κ2) is 3.36. The van der Waals surface area contributed by atoms with Gasteiger partial charge in [-0.05, 0) is 49.8 Å². The molecule has 0 radical (unpaired) electrons. The third kappa shape index (κ3) is 1.45. The summed E-state index contributed by atoms with van der Waals surface area (Å²) in [7, 11) is 0. The van der Waals surface area contributed by atoms with Gasteiger partial charge in [-0.3, -0.25) is 0 Å². The van der Waals surface area contributed by atoms with Gasteiger partial charge >= 0.3 is 0 Å². The van der Waals surface area contributed by atoms with E-state index in [1.807, 2.05) is 6.07 Å². The van der Waals surface area contributed by atoms with Gasteiger partial charge in [0.05, 0.1) is 0 Å². The molecule has 2 heteroatoms. The van der Waals surface area contributed by atoms with Gasteiger partial charge in [0.1, 0.15) is 17.4 Å². The first kappa shape index (κ1) is 9.91.